The smallest absolute Gasteiger partial charge is 0.262 e. The Hall–Kier alpha value is -2.29. The highest BCUT2D eigenvalue weighted by atomic mass is 32.2. The van der Waals surface area contributed by atoms with Gasteiger partial charge in [-0.25, -0.2) is 8.42 Å². The lowest BCUT2D eigenvalue weighted by atomic mass is 10.1. The number of benzene rings is 2. The summed E-state index contributed by atoms with van der Waals surface area (Å²) in [6.45, 7) is 6.98. The van der Waals surface area contributed by atoms with E-state index in [1.54, 1.807) is 30.3 Å². The van der Waals surface area contributed by atoms with E-state index in [-0.39, 0.29) is 11.0 Å². The lowest BCUT2D eigenvalue weighted by molar-refractivity contribution is -0.0281. The lowest BCUT2D eigenvalue weighted by Crippen LogP contribution is -2.38. The van der Waals surface area contributed by atoms with Crippen LogP contribution in [0.3, 0.4) is 0 Å². The number of fused-ring (bicyclic) bond motifs is 1. The summed E-state index contributed by atoms with van der Waals surface area (Å²) in [7, 11) is -1.74. The number of hydrogen-bond donors (Lipinski definition) is 1. The average Bonchev–Trinajstić information content (AvgIpc) is 2.74. The van der Waals surface area contributed by atoms with Crippen LogP contribution in [0.15, 0.2) is 47.4 Å². The second-order valence-electron chi connectivity index (χ2n) is 7.38. The number of likely N-dealkylation sites (N-methyl/N-ethyl adjacent to an activating group) is 2. The predicted octanol–water partition coefficient (Wildman–Crippen LogP) is 2.71. The number of morpholine rings is 1. The zero-order valence-corrected chi connectivity index (χ0v) is 17.6. The maximum atomic E-state index is 12.8. The number of rotatable bonds is 5. The molecule has 1 atom stereocenters. The van der Waals surface area contributed by atoms with Gasteiger partial charge in [-0.05, 0) is 36.4 Å². The van der Waals surface area contributed by atoms with Gasteiger partial charge in [-0.1, -0.05) is 19.1 Å². The van der Waals surface area contributed by atoms with Crippen molar-refractivity contribution in [1.82, 2.24) is 4.90 Å². The summed E-state index contributed by atoms with van der Waals surface area (Å²) in [5, 5.41) is 0. The van der Waals surface area contributed by atoms with Gasteiger partial charge < -0.3 is 14.4 Å². The van der Waals surface area contributed by atoms with Crippen LogP contribution in [0.4, 0.5) is 11.4 Å². The fourth-order valence-electron chi connectivity index (χ4n) is 3.68. The van der Waals surface area contributed by atoms with Gasteiger partial charge in [-0.2, -0.15) is 0 Å². The van der Waals surface area contributed by atoms with E-state index in [1.165, 1.54) is 0 Å². The van der Waals surface area contributed by atoms with Crippen molar-refractivity contribution in [2.45, 2.75) is 17.9 Å². The average molecular weight is 418 g/mol. The van der Waals surface area contributed by atoms with Gasteiger partial charge in [0.05, 0.1) is 29.8 Å². The Kier molecular flexibility index (Phi) is 5.67. The third-order valence-corrected chi connectivity index (χ3v) is 6.85. The summed E-state index contributed by atoms with van der Waals surface area (Å²) in [4.78, 5) is 4.58. The van der Waals surface area contributed by atoms with Crippen LogP contribution in [-0.2, 0) is 14.8 Å². The molecule has 7 nitrogen and oxygen atoms in total. The topological polar surface area (TPSA) is 71.1 Å². The van der Waals surface area contributed by atoms with Crippen molar-refractivity contribution < 1.29 is 17.9 Å². The van der Waals surface area contributed by atoms with Crippen LogP contribution in [0.5, 0.6) is 5.75 Å². The molecule has 2 aromatic carbocycles. The van der Waals surface area contributed by atoms with E-state index in [1.807, 2.05) is 24.1 Å². The molecule has 2 heterocycles. The number of sulfonamides is 1. The fraction of sp³-hybridized carbons (Fsp3) is 0.429. The van der Waals surface area contributed by atoms with E-state index in [4.69, 9.17) is 9.47 Å². The normalized spacial score (nSPS) is 20.1. The van der Waals surface area contributed by atoms with Crippen LogP contribution in [0.1, 0.15) is 18.6 Å². The highest BCUT2D eigenvalue weighted by Gasteiger charge is 2.22. The fourth-order valence-corrected chi connectivity index (χ4v) is 4.75. The molecule has 0 radical (unpaired) electrons. The van der Waals surface area contributed by atoms with Crippen molar-refractivity contribution in [3.8, 4) is 5.75 Å². The first-order valence-corrected chi connectivity index (χ1v) is 11.4. The molecule has 4 rings (SSSR count). The van der Waals surface area contributed by atoms with Crippen molar-refractivity contribution in [2.75, 3.05) is 56.1 Å². The Morgan fingerprint density at radius 3 is 2.66 bits per heavy atom. The van der Waals surface area contributed by atoms with Gasteiger partial charge in [0.2, 0.25) is 0 Å². The molecule has 1 unspecified atom stereocenters. The molecule has 2 aliphatic rings. The quantitative estimate of drug-likeness (QED) is 0.807. The molecular weight excluding hydrogens is 390 g/mol. The number of nitrogens with one attached hydrogen (secondary N) is 1. The molecule has 8 heteroatoms. The zero-order valence-electron chi connectivity index (χ0n) is 16.8. The van der Waals surface area contributed by atoms with E-state index in [9.17, 15) is 8.42 Å². The minimum atomic E-state index is -3.70. The Morgan fingerprint density at radius 1 is 1.10 bits per heavy atom. The van der Waals surface area contributed by atoms with Crippen molar-refractivity contribution in [3.05, 3.63) is 48.0 Å². The minimum Gasteiger partial charge on any atom is -0.490 e. The van der Waals surface area contributed by atoms with Crippen LogP contribution < -0.4 is 14.4 Å². The van der Waals surface area contributed by atoms with E-state index >= 15 is 0 Å². The van der Waals surface area contributed by atoms with Crippen molar-refractivity contribution >= 4 is 21.4 Å². The van der Waals surface area contributed by atoms with Crippen LogP contribution in [-0.4, -0.2) is 59.8 Å². The third-order valence-electron chi connectivity index (χ3n) is 5.47. The Balaban J connectivity index is 1.48. The first kappa shape index (κ1) is 20.0. The Labute approximate surface area is 172 Å². The summed E-state index contributed by atoms with van der Waals surface area (Å²) in [5.74, 6) is 0.590. The van der Waals surface area contributed by atoms with Crippen LogP contribution in [0.25, 0.3) is 0 Å². The molecule has 0 bridgehead atoms. The van der Waals surface area contributed by atoms with Crippen molar-refractivity contribution in [3.63, 3.8) is 0 Å². The van der Waals surface area contributed by atoms with Crippen molar-refractivity contribution in [2.24, 2.45) is 0 Å². The standard InChI is InChI=1S/C21H27N3O4S/c1-3-24-11-13-28-21(15-24)16-4-6-17(7-5-16)22-29(25,26)18-8-9-19-20(14-18)27-12-10-23(19)2/h4-9,14,21-22H,3,10-13,15H2,1-2H3. The molecule has 0 saturated carbocycles. The van der Waals surface area contributed by atoms with E-state index < -0.39 is 10.0 Å². The van der Waals surface area contributed by atoms with Crippen molar-refractivity contribution in [1.29, 1.82) is 0 Å². The van der Waals surface area contributed by atoms with Gasteiger partial charge in [0.15, 0.2) is 0 Å². The van der Waals surface area contributed by atoms with Gasteiger partial charge in [0.25, 0.3) is 10.0 Å². The molecule has 29 heavy (non-hydrogen) atoms. The molecule has 2 aromatic rings. The van der Waals surface area contributed by atoms with E-state index in [0.29, 0.717) is 24.7 Å². The Bertz CT molecular complexity index is 962. The molecule has 1 N–H and O–H groups in total. The molecule has 0 amide bonds. The highest BCUT2D eigenvalue weighted by molar-refractivity contribution is 7.92. The van der Waals surface area contributed by atoms with E-state index in [0.717, 1.165) is 37.4 Å². The van der Waals surface area contributed by atoms with Gasteiger partial charge >= 0.3 is 0 Å². The summed E-state index contributed by atoms with van der Waals surface area (Å²) in [6, 6.07) is 12.4. The maximum absolute atomic E-state index is 12.8. The lowest BCUT2D eigenvalue weighted by Gasteiger charge is -2.32. The van der Waals surface area contributed by atoms with E-state index in [2.05, 4.69) is 16.5 Å². The second kappa shape index (κ2) is 8.22. The number of nitrogens with zero attached hydrogens (tertiary/aromatic N) is 2. The molecule has 1 saturated heterocycles. The largest absolute Gasteiger partial charge is 0.490 e. The molecule has 0 spiro atoms. The second-order valence-corrected chi connectivity index (χ2v) is 9.06. The molecule has 2 aliphatic heterocycles. The molecular formula is C21H27N3O4S. The maximum Gasteiger partial charge on any atom is 0.262 e. The van der Waals surface area contributed by atoms with Gasteiger partial charge in [0, 0.05) is 31.9 Å². The summed E-state index contributed by atoms with van der Waals surface area (Å²) in [6.07, 6.45) is 0.0177. The number of anilines is 2. The van der Waals surface area contributed by atoms with Gasteiger partial charge in [-0.15, -0.1) is 0 Å². The van der Waals surface area contributed by atoms with Crippen LogP contribution in [0, 0.1) is 0 Å². The first-order valence-electron chi connectivity index (χ1n) is 9.91. The number of hydrogen-bond acceptors (Lipinski definition) is 6. The molecule has 0 aromatic heterocycles. The van der Waals surface area contributed by atoms with Crippen LogP contribution >= 0.6 is 0 Å². The zero-order chi connectivity index (χ0) is 20.4. The predicted molar refractivity (Wildman–Crippen MR) is 113 cm³/mol. The van der Waals surface area contributed by atoms with Gasteiger partial charge in [-0.3, -0.25) is 9.62 Å². The molecule has 0 aliphatic carbocycles. The van der Waals surface area contributed by atoms with Gasteiger partial charge in [0.1, 0.15) is 12.4 Å². The van der Waals surface area contributed by atoms with Crippen LogP contribution in [0.2, 0.25) is 0 Å². The number of ether oxygens (including phenoxy) is 2. The SMILES string of the molecule is CCN1CCOC(c2ccc(NS(=O)(=O)c3ccc4c(c3)OCCN4C)cc2)C1. The summed E-state index contributed by atoms with van der Waals surface area (Å²) >= 11 is 0. The molecule has 156 valence electrons. The highest BCUT2D eigenvalue weighted by Crippen LogP contribution is 2.33. The monoisotopic (exact) mass is 417 g/mol. The first-order chi connectivity index (χ1) is 14.0. The third kappa shape index (κ3) is 4.34. The molecule has 1 fully saturated rings. The minimum absolute atomic E-state index is 0.0177. The summed E-state index contributed by atoms with van der Waals surface area (Å²) < 4.78 is 39.8. The summed E-state index contributed by atoms with van der Waals surface area (Å²) in [5.41, 5.74) is 2.47. The Morgan fingerprint density at radius 2 is 1.90 bits per heavy atom.